The van der Waals surface area contributed by atoms with E-state index in [1.54, 1.807) is 4.90 Å². The topological polar surface area (TPSA) is 32.3 Å². The largest absolute Gasteiger partial charge is 0.338 e. The Labute approximate surface area is 130 Å². The number of rotatable bonds is 5. The standard InChI is InChI=1S/C17H19ClN2O/c1-2-19-17(21)20(12-14-8-4-3-5-9-14)13-15-10-6-7-11-16(15)18/h3-11H,2,12-13H2,1H3,(H,19,21). The predicted molar refractivity (Wildman–Crippen MR) is 86.2 cm³/mol. The van der Waals surface area contributed by atoms with Gasteiger partial charge in [0.2, 0.25) is 0 Å². The summed E-state index contributed by atoms with van der Waals surface area (Å²) in [6.45, 7) is 3.55. The highest BCUT2D eigenvalue weighted by Gasteiger charge is 2.14. The first-order valence-corrected chi connectivity index (χ1v) is 7.38. The molecular weight excluding hydrogens is 284 g/mol. The molecule has 0 unspecified atom stereocenters. The lowest BCUT2D eigenvalue weighted by Gasteiger charge is -2.23. The summed E-state index contributed by atoms with van der Waals surface area (Å²) in [4.78, 5) is 14.0. The summed E-state index contributed by atoms with van der Waals surface area (Å²) in [5.74, 6) is 0. The molecule has 0 aliphatic carbocycles. The fourth-order valence-corrected chi connectivity index (χ4v) is 2.29. The number of hydrogen-bond acceptors (Lipinski definition) is 1. The highest BCUT2D eigenvalue weighted by Crippen LogP contribution is 2.18. The number of benzene rings is 2. The van der Waals surface area contributed by atoms with Gasteiger partial charge in [-0.3, -0.25) is 0 Å². The van der Waals surface area contributed by atoms with E-state index >= 15 is 0 Å². The maximum atomic E-state index is 12.2. The lowest BCUT2D eigenvalue weighted by atomic mass is 10.2. The van der Waals surface area contributed by atoms with Gasteiger partial charge < -0.3 is 10.2 Å². The number of halogens is 1. The van der Waals surface area contributed by atoms with Crippen molar-refractivity contribution < 1.29 is 4.79 Å². The van der Waals surface area contributed by atoms with Gasteiger partial charge >= 0.3 is 6.03 Å². The van der Waals surface area contributed by atoms with Crippen LogP contribution in [0.2, 0.25) is 5.02 Å². The van der Waals surface area contributed by atoms with Crippen molar-refractivity contribution in [2.45, 2.75) is 20.0 Å². The number of carbonyl (C=O) groups excluding carboxylic acids is 1. The van der Waals surface area contributed by atoms with Crippen LogP contribution in [0.1, 0.15) is 18.1 Å². The number of carbonyl (C=O) groups is 1. The summed E-state index contributed by atoms with van der Waals surface area (Å²) in [7, 11) is 0. The first-order valence-electron chi connectivity index (χ1n) is 7.00. The number of hydrogen-bond donors (Lipinski definition) is 1. The van der Waals surface area contributed by atoms with Gasteiger partial charge in [-0.15, -0.1) is 0 Å². The van der Waals surface area contributed by atoms with Crippen molar-refractivity contribution >= 4 is 17.6 Å². The van der Waals surface area contributed by atoms with E-state index in [-0.39, 0.29) is 6.03 Å². The average molecular weight is 303 g/mol. The zero-order valence-corrected chi connectivity index (χ0v) is 12.8. The second-order valence-electron chi connectivity index (χ2n) is 4.77. The van der Waals surface area contributed by atoms with Crippen molar-refractivity contribution in [3.8, 4) is 0 Å². The van der Waals surface area contributed by atoms with E-state index in [0.29, 0.717) is 24.7 Å². The maximum Gasteiger partial charge on any atom is 0.317 e. The molecule has 0 spiro atoms. The minimum atomic E-state index is -0.0822. The van der Waals surface area contributed by atoms with Crippen LogP contribution in [0.3, 0.4) is 0 Å². The minimum Gasteiger partial charge on any atom is -0.338 e. The highest BCUT2D eigenvalue weighted by atomic mass is 35.5. The SMILES string of the molecule is CCNC(=O)N(Cc1ccccc1)Cc1ccccc1Cl. The zero-order valence-electron chi connectivity index (χ0n) is 12.1. The molecule has 21 heavy (non-hydrogen) atoms. The Kier molecular flexibility index (Phi) is 5.64. The molecule has 0 aliphatic heterocycles. The second-order valence-corrected chi connectivity index (χ2v) is 5.18. The van der Waals surface area contributed by atoms with Crippen molar-refractivity contribution in [3.05, 3.63) is 70.7 Å². The Hall–Kier alpha value is -2.00. The predicted octanol–water partition coefficient (Wildman–Crippen LogP) is 4.07. The minimum absolute atomic E-state index is 0.0822. The molecule has 0 radical (unpaired) electrons. The van der Waals surface area contributed by atoms with Crippen molar-refractivity contribution in [2.24, 2.45) is 0 Å². The molecule has 3 nitrogen and oxygen atoms in total. The van der Waals surface area contributed by atoms with Gasteiger partial charge in [-0.2, -0.15) is 0 Å². The van der Waals surface area contributed by atoms with Crippen LogP contribution < -0.4 is 5.32 Å². The first-order chi connectivity index (χ1) is 10.2. The van der Waals surface area contributed by atoms with Crippen molar-refractivity contribution in [2.75, 3.05) is 6.54 Å². The smallest absolute Gasteiger partial charge is 0.317 e. The normalized spacial score (nSPS) is 10.2. The third-order valence-corrected chi connectivity index (χ3v) is 3.52. The Balaban J connectivity index is 2.16. The van der Waals surface area contributed by atoms with Crippen LogP contribution in [0.5, 0.6) is 0 Å². The summed E-state index contributed by atoms with van der Waals surface area (Å²) >= 11 is 6.19. The summed E-state index contributed by atoms with van der Waals surface area (Å²) < 4.78 is 0. The molecule has 2 aromatic rings. The lowest BCUT2D eigenvalue weighted by Crippen LogP contribution is -2.39. The van der Waals surface area contributed by atoms with E-state index in [1.807, 2.05) is 61.5 Å². The summed E-state index contributed by atoms with van der Waals surface area (Å²) in [5.41, 5.74) is 2.04. The Bertz CT molecular complexity index is 586. The molecule has 2 aromatic carbocycles. The third kappa shape index (κ3) is 4.50. The molecule has 0 aromatic heterocycles. The van der Waals surface area contributed by atoms with E-state index in [0.717, 1.165) is 11.1 Å². The van der Waals surface area contributed by atoms with Crippen LogP contribution in [0.15, 0.2) is 54.6 Å². The number of amides is 2. The molecule has 2 rings (SSSR count). The van der Waals surface area contributed by atoms with E-state index in [4.69, 9.17) is 11.6 Å². The van der Waals surface area contributed by atoms with Crippen LogP contribution in [0.25, 0.3) is 0 Å². The van der Waals surface area contributed by atoms with Crippen LogP contribution in [-0.4, -0.2) is 17.5 Å². The molecule has 0 heterocycles. The highest BCUT2D eigenvalue weighted by molar-refractivity contribution is 6.31. The molecule has 0 fully saturated rings. The van der Waals surface area contributed by atoms with E-state index < -0.39 is 0 Å². The van der Waals surface area contributed by atoms with Gasteiger partial charge in [0.1, 0.15) is 0 Å². The molecule has 110 valence electrons. The molecule has 2 amide bonds. The third-order valence-electron chi connectivity index (χ3n) is 3.15. The van der Waals surface area contributed by atoms with Gasteiger partial charge in [-0.1, -0.05) is 60.1 Å². The molecule has 1 N–H and O–H groups in total. The van der Waals surface area contributed by atoms with Crippen LogP contribution >= 0.6 is 11.6 Å². The molecule has 0 saturated carbocycles. The van der Waals surface area contributed by atoms with Gasteiger partial charge in [0.15, 0.2) is 0 Å². The molecule has 0 aliphatic rings. The number of urea groups is 1. The Morgan fingerprint density at radius 2 is 1.71 bits per heavy atom. The molecule has 4 heteroatoms. The van der Waals surface area contributed by atoms with Crippen molar-refractivity contribution in [1.29, 1.82) is 0 Å². The number of nitrogens with zero attached hydrogens (tertiary/aromatic N) is 1. The van der Waals surface area contributed by atoms with E-state index in [1.165, 1.54) is 0 Å². The zero-order chi connectivity index (χ0) is 15.1. The number of nitrogens with one attached hydrogen (secondary N) is 1. The molecule has 0 saturated heterocycles. The van der Waals surface area contributed by atoms with E-state index in [9.17, 15) is 4.79 Å². The lowest BCUT2D eigenvalue weighted by molar-refractivity contribution is 0.193. The Morgan fingerprint density at radius 3 is 2.38 bits per heavy atom. The van der Waals surface area contributed by atoms with Crippen molar-refractivity contribution in [3.63, 3.8) is 0 Å². The first kappa shape index (κ1) is 15.4. The van der Waals surface area contributed by atoms with E-state index in [2.05, 4.69) is 5.32 Å². The van der Waals surface area contributed by atoms with Gasteiger partial charge in [0, 0.05) is 24.7 Å². The van der Waals surface area contributed by atoms with Crippen LogP contribution in [0.4, 0.5) is 4.79 Å². The fraction of sp³-hybridized carbons (Fsp3) is 0.235. The quantitative estimate of drug-likeness (QED) is 0.887. The molecular formula is C17H19ClN2O. The van der Waals surface area contributed by atoms with Gasteiger partial charge in [-0.05, 0) is 24.1 Å². The van der Waals surface area contributed by atoms with Crippen molar-refractivity contribution in [1.82, 2.24) is 10.2 Å². The van der Waals surface area contributed by atoms with Crippen LogP contribution in [-0.2, 0) is 13.1 Å². The summed E-state index contributed by atoms with van der Waals surface area (Å²) in [5, 5.41) is 3.53. The fourth-order valence-electron chi connectivity index (χ4n) is 2.10. The molecule has 0 atom stereocenters. The monoisotopic (exact) mass is 302 g/mol. The van der Waals surface area contributed by atoms with Gasteiger partial charge in [-0.25, -0.2) is 4.79 Å². The van der Waals surface area contributed by atoms with Gasteiger partial charge in [0.05, 0.1) is 0 Å². The average Bonchev–Trinajstić information content (AvgIpc) is 2.50. The maximum absolute atomic E-state index is 12.2. The summed E-state index contributed by atoms with van der Waals surface area (Å²) in [6.07, 6.45) is 0. The second kappa shape index (κ2) is 7.70. The Morgan fingerprint density at radius 1 is 1.05 bits per heavy atom. The van der Waals surface area contributed by atoms with Gasteiger partial charge in [0.25, 0.3) is 0 Å². The van der Waals surface area contributed by atoms with Crippen LogP contribution in [0, 0.1) is 0 Å². The molecule has 0 bridgehead atoms. The summed E-state index contributed by atoms with van der Waals surface area (Å²) in [6, 6.07) is 17.5.